The number of aliphatic imine (C=N–C) groups is 1. The van der Waals surface area contributed by atoms with Crippen molar-refractivity contribution in [2.45, 2.75) is 146 Å². The highest BCUT2D eigenvalue weighted by atomic mass is 16.5. The molecule has 20 N–H and O–H groups in total. The van der Waals surface area contributed by atoms with Crippen LogP contribution in [0.2, 0.25) is 0 Å². The number of carbonyl (C=O) groups excluding carboxylic acids is 11. The number of aromatic nitrogens is 3. The number of aliphatic carboxylic acids is 1. The van der Waals surface area contributed by atoms with Gasteiger partial charge in [-0.15, -0.1) is 0 Å². The fourth-order valence-electron chi connectivity index (χ4n) is 11.5. The third-order valence-electron chi connectivity index (χ3n) is 16.5. The molecule has 35 nitrogen and oxygen atoms in total. The highest BCUT2D eigenvalue weighted by Crippen LogP contribution is 2.38. The molecule has 0 bridgehead atoms. The Labute approximate surface area is 586 Å². The highest BCUT2D eigenvalue weighted by Gasteiger charge is 2.40. The van der Waals surface area contributed by atoms with Gasteiger partial charge in [0, 0.05) is 81.1 Å². The number of carbonyl (C=O) groups is 12. The Morgan fingerprint density at radius 1 is 0.686 bits per heavy atom. The summed E-state index contributed by atoms with van der Waals surface area (Å²) in [5.41, 5.74) is 18.8. The number of primary amides is 1. The summed E-state index contributed by atoms with van der Waals surface area (Å²) in [5.74, 6) is -9.76. The second kappa shape index (κ2) is 38.7. The summed E-state index contributed by atoms with van der Waals surface area (Å²) in [6, 6.07) is 3.14. The number of aliphatic hydroxyl groups excluding tert-OH is 1. The Morgan fingerprint density at radius 3 is 1.79 bits per heavy atom. The summed E-state index contributed by atoms with van der Waals surface area (Å²) in [4.78, 5) is 178. The zero-order valence-electron chi connectivity index (χ0n) is 57.4. The zero-order chi connectivity index (χ0) is 74.7. The number of nitrogens with zero attached hydrogens (tertiary/aromatic N) is 3. The number of nitrogens with one attached hydrogen (secondary N) is 11. The molecule has 5 aromatic rings. The van der Waals surface area contributed by atoms with Crippen molar-refractivity contribution in [1.82, 2.24) is 67.7 Å². The number of rotatable bonds is 36. The van der Waals surface area contributed by atoms with Crippen molar-refractivity contribution in [2.24, 2.45) is 28.1 Å². The summed E-state index contributed by atoms with van der Waals surface area (Å²) in [6.07, 6.45) is 4.44. The number of benzene rings is 3. The molecule has 2 aliphatic rings. The summed E-state index contributed by atoms with van der Waals surface area (Å²) in [6.45, 7) is 3.28. The summed E-state index contributed by atoms with van der Waals surface area (Å²) < 4.78 is 16.8. The number of fused-ring (bicyclic) bond motifs is 1. The summed E-state index contributed by atoms with van der Waals surface area (Å²) >= 11 is 0. The highest BCUT2D eigenvalue weighted by molar-refractivity contribution is 6.00. The van der Waals surface area contributed by atoms with Crippen LogP contribution in [0.25, 0.3) is 10.9 Å². The van der Waals surface area contributed by atoms with Crippen LogP contribution < -0.4 is 79.3 Å². The first-order chi connectivity index (χ1) is 48.6. The fourth-order valence-corrected chi connectivity index (χ4v) is 11.5. The van der Waals surface area contributed by atoms with Crippen LogP contribution in [0, 0.1) is 5.92 Å². The molecular formula is C67H91N17O18. The van der Waals surface area contributed by atoms with Crippen molar-refractivity contribution >= 4 is 87.8 Å². The number of carboxylic acids is 1. The molecule has 0 aliphatic carbocycles. The normalized spacial score (nSPS) is 15.9. The number of hydrogen-bond donors (Lipinski definition) is 17. The maximum atomic E-state index is 15.2. The van der Waals surface area contributed by atoms with Crippen molar-refractivity contribution in [1.29, 1.82) is 0 Å². The van der Waals surface area contributed by atoms with Crippen LogP contribution in [0.1, 0.15) is 88.1 Å². The first-order valence-electron chi connectivity index (χ1n) is 32.8. The van der Waals surface area contributed by atoms with Crippen LogP contribution in [0.15, 0.2) is 84.4 Å². The number of para-hydroxylation sites is 1. The standard InChI is InChI=1S/C65H87N17O16.C2H4O2/c1-34(2)22-44(57(88)75-43(12-8-20-70-65(67)68)64(95)82-21-9-13-50(82)63(94)72-31-53(66)85)76-59(90)46(24-36-25-51(96-3)55(98-5)52(26-36)97-4)77-58(89)45(23-35-14-16-39(84)17-15-35)78-62(93)49(32-83)81-60(91)47(27-37-29-71-41-11-7-6-10-40(37)41)79-61(92)48(28-38-30-69-33-73-38)80-56(87)42-18-19-54(86)74-42;1-2(3)4/h6-7,10-11,14-17,25-26,29-30,33-34,42-50,71,83-84H,8-9,12-13,18-24,27-28,31-32H2,1-5H3,(H2,66,85)(H,69,73)(H,72,94)(H,74,86)(H,75,88)(H,76,90)(H,77,89)(H,78,93)(H,79,92)(H,80,87)(H,81,91)(H4,67,68,70);1H3,(H,3,4)/t42-,43-,44-,45-,46+,47-,48-,49-,50-;/m0./s1. The Bertz CT molecular complexity index is 3760. The summed E-state index contributed by atoms with van der Waals surface area (Å²) in [5, 5.41) is 53.1. The van der Waals surface area contributed by atoms with E-state index in [1.54, 1.807) is 44.3 Å². The van der Waals surface area contributed by atoms with Gasteiger partial charge in [-0.25, -0.2) is 4.98 Å². The van der Waals surface area contributed by atoms with E-state index in [0.29, 0.717) is 39.7 Å². The lowest BCUT2D eigenvalue weighted by Gasteiger charge is -2.30. The number of aromatic hydroxyl groups is 1. The molecule has 0 saturated carbocycles. The number of methoxy groups -OCH3 is 3. The molecule has 2 aromatic heterocycles. The minimum absolute atomic E-state index is 0.0248. The number of guanidine groups is 1. The van der Waals surface area contributed by atoms with Crippen LogP contribution in [0.5, 0.6) is 23.0 Å². The molecule has 3 aromatic carbocycles. The molecule has 7 rings (SSSR count). The van der Waals surface area contributed by atoms with E-state index in [2.05, 4.69) is 67.8 Å². The molecule has 35 heteroatoms. The smallest absolute Gasteiger partial charge is 0.300 e. The fraction of sp³-hybridized carbons (Fsp3) is 0.463. The van der Waals surface area contributed by atoms with Gasteiger partial charge in [-0.1, -0.05) is 44.2 Å². The van der Waals surface area contributed by atoms with Crippen LogP contribution in [0.4, 0.5) is 0 Å². The number of phenols is 1. The number of hydrogen-bond acceptors (Lipinski definition) is 19. The molecule has 2 fully saturated rings. The number of ether oxygens (including phenoxy) is 3. The number of phenolic OH excluding ortho intramolecular Hbond substituents is 1. The SMILES string of the molecule is CC(=O)O.COc1cc(C[C@@H](NC(=O)[C@H](Cc2ccc(O)cc2)NC(=O)[C@H](CO)NC(=O)[C@H](Cc2c[nH]c3ccccc23)NC(=O)[C@H](Cc2cnc[nH]2)NC(=O)[C@@H]2CCC(=O)N2)C(=O)N[C@@H](CC(C)C)C(=O)N[C@@H](CCCN=C(N)N)C(=O)N2CCC[C@H]2C(=O)NCC(N)=O)cc(OC)c1OC. The number of aliphatic hydroxyl groups is 1. The number of imidazole rings is 1. The molecule has 11 amide bonds. The van der Waals surface area contributed by atoms with Gasteiger partial charge < -0.3 is 109 Å². The largest absolute Gasteiger partial charge is 0.508 e. The van der Waals surface area contributed by atoms with Gasteiger partial charge in [0.1, 0.15) is 60.1 Å². The maximum absolute atomic E-state index is 15.2. The molecule has 552 valence electrons. The monoisotopic (exact) mass is 1420 g/mol. The van der Waals surface area contributed by atoms with Gasteiger partial charge in [-0.05, 0) is 91.5 Å². The lowest BCUT2D eigenvalue weighted by molar-refractivity contribution is -0.142. The number of carboxylic acid groups (broad SMARTS) is 1. The molecular weight excluding hydrogens is 1330 g/mol. The van der Waals surface area contributed by atoms with Gasteiger partial charge in [-0.3, -0.25) is 62.5 Å². The zero-order valence-corrected chi connectivity index (χ0v) is 57.4. The number of H-pyrrole nitrogens is 2. The topological polar surface area (TPSA) is 540 Å². The van der Waals surface area contributed by atoms with E-state index >= 15 is 9.59 Å². The van der Waals surface area contributed by atoms with E-state index in [-0.39, 0.29) is 118 Å². The Balaban J connectivity index is 0.00000398. The Hall–Kier alpha value is -11.5. The number of nitrogens with two attached hydrogens (primary N) is 3. The van der Waals surface area contributed by atoms with E-state index in [1.165, 1.54) is 75.2 Å². The predicted octanol–water partition coefficient (Wildman–Crippen LogP) is -2.66. The van der Waals surface area contributed by atoms with Crippen molar-refractivity contribution in [3.05, 3.63) is 102 Å². The van der Waals surface area contributed by atoms with Gasteiger partial charge >= 0.3 is 0 Å². The minimum Gasteiger partial charge on any atom is -0.508 e. The number of amides is 11. The molecule has 2 aliphatic heterocycles. The van der Waals surface area contributed by atoms with E-state index in [4.69, 9.17) is 41.3 Å². The molecule has 4 heterocycles. The van der Waals surface area contributed by atoms with Gasteiger partial charge in [0.2, 0.25) is 70.7 Å². The van der Waals surface area contributed by atoms with Crippen molar-refractivity contribution < 1.29 is 87.1 Å². The van der Waals surface area contributed by atoms with Crippen molar-refractivity contribution in [2.75, 3.05) is 47.6 Å². The summed E-state index contributed by atoms with van der Waals surface area (Å²) in [7, 11) is 4.11. The predicted molar refractivity (Wildman–Crippen MR) is 367 cm³/mol. The molecule has 102 heavy (non-hydrogen) atoms. The molecule has 0 spiro atoms. The van der Waals surface area contributed by atoms with Gasteiger partial charge in [0.05, 0.1) is 40.8 Å². The number of likely N-dealkylation sites (tertiary alicyclic amines) is 1. The van der Waals surface area contributed by atoms with E-state index in [9.17, 15) is 53.4 Å². The van der Waals surface area contributed by atoms with E-state index in [1.807, 2.05) is 0 Å². The minimum atomic E-state index is -1.84. The molecule has 9 atom stereocenters. The number of aromatic amines is 2. The second-order valence-corrected chi connectivity index (χ2v) is 24.7. The quantitative estimate of drug-likeness (QED) is 0.0111. The molecule has 0 unspecified atom stereocenters. The average molecular weight is 1420 g/mol. The third-order valence-corrected chi connectivity index (χ3v) is 16.5. The van der Waals surface area contributed by atoms with Gasteiger partial charge in [0.15, 0.2) is 17.5 Å². The average Bonchev–Trinajstić information content (AvgIpc) is 1.66. The Kier molecular flexibility index (Phi) is 30.2. The van der Waals surface area contributed by atoms with Crippen molar-refractivity contribution in [3.8, 4) is 23.0 Å². The van der Waals surface area contributed by atoms with E-state index < -0.39 is 133 Å². The van der Waals surface area contributed by atoms with Crippen LogP contribution >= 0.6 is 0 Å². The van der Waals surface area contributed by atoms with E-state index in [0.717, 1.165) is 6.92 Å². The molecule has 0 radical (unpaired) electrons. The Morgan fingerprint density at radius 2 is 1.25 bits per heavy atom. The lowest BCUT2D eigenvalue weighted by atomic mass is 9.99. The third kappa shape index (κ3) is 23.9. The second-order valence-electron chi connectivity index (χ2n) is 24.7. The first-order valence-corrected chi connectivity index (χ1v) is 32.8. The lowest BCUT2D eigenvalue weighted by Crippen LogP contribution is -2.61. The van der Waals surface area contributed by atoms with Gasteiger partial charge in [-0.2, -0.15) is 0 Å². The van der Waals surface area contributed by atoms with Crippen molar-refractivity contribution in [3.63, 3.8) is 0 Å². The van der Waals surface area contributed by atoms with Crippen LogP contribution in [0.3, 0.4) is 0 Å². The van der Waals surface area contributed by atoms with Crippen LogP contribution in [-0.2, 0) is 83.2 Å². The maximum Gasteiger partial charge on any atom is 0.300 e. The van der Waals surface area contributed by atoms with Gasteiger partial charge in [0.25, 0.3) is 5.97 Å². The first kappa shape index (κ1) is 79.5. The molecule has 2 saturated heterocycles. The van der Waals surface area contributed by atoms with Crippen LogP contribution in [-0.4, -0.2) is 214 Å².